The number of esters is 2. The first-order valence-electron chi connectivity index (χ1n) is 5.44. The van der Waals surface area contributed by atoms with Gasteiger partial charge >= 0.3 is 11.9 Å². The molecule has 98 valence electrons. The number of carbonyl (C=O) groups excluding carboxylic acids is 2. The maximum atomic E-state index is 10.9. The molecule has 6 heteroatoms. The minimum absolute atomic E-state index is 0.244. The first-order valence-corrected chi connectivity index (χ1v) is 5.44. The Morgan fingerprint density at radius 2 is 1.94 bits per heavy atom. The van der Waals surface area contributed by atoms with Crippen LogP contribution in [-0.4, -0.2) is 50.1 Å². The second-order valence-electron chi connectivity index (χ2n) is 3.96. The van der Waals surface area contributed by atoms with Crippen molar-refractivity contribution in [2.45, 2.75) is 45.2 Å². The molecule has 17 heavy (non-hydrogen) atoms. The van der Waals surface area contributed by atoms with E-state index in [1.807, 2.05) is 0 Å². The fourth-order valence-electron chi connectivity index (χ4n) is 1.94. The van der Waals surface area contributed by atoms with Gasteiger partial charge < -0.3 is 18.9 Å². The van der Waals surface area contributed by atoms with E-state index in [1.54, 1.807) is 6.92 Å². The van der Waals surface area contributed by atoms with Crippen molar-refractivity contribution in [3.05, 3.63) is 0 Å². The Labute approximate surface area is 100 Å². The molecule has 1 aliphatic heterocycles. The number of ether oxygens (including phenoxy) is 4. The maximum absolute atomic E-state index is 10.9. The van der Waals surface area contributed by atoms with Gasteiger partial charge in [-0.05, 0) is 6.92 Å². The van der Waals surface area contributed by atoms with E-state index >= 15 is 0 Å². The van der Waals surface area contributed by atoms with Gasteiger partial charge in [0.15, 0.2) is 6.10 Å². The molecule has 0 saturated carbocycles. The minimum atomic E-state index is -0.458. The lowest BCUT2D eigenvalue weighted by atomic mass is 10.1. The molecule has 1 rings (SSSR count). The minimum Gasteiger partial charge on any atom is -0.460 e. The van der Waals surface area contributed by atoms with Crippen molar-refractivity contribution in [3.8, 4) is 0 Å². The third kappa shape index (κ3) is 3.67. The molecule has 4 unspecified atom stereocenters. The zero-order valence-electron chi connectivity index (χ0n) is 10.5. The predicted octanol–water partition coefficient (Wildman–Crippen LogP) is 0.284. The van der Waals surface area contributed by atoms with Crippen LogP contribution in [0.4, 0.5) is 0 Å². The van der Waals surface area contributed by atoms with Crippen LogP contribution < -0.4 is 0 Å². The van der Waals surface area contributed by atoms with Crippen molar-refractivity contribution in [1.29, 1.82) is 0 Å². The summed E-state index contributed by atoms with van der Waals surface area (Å²) in [6.45, 7) is 4.62. The molecular formula is C11H18O6. The van der Waals surface area contributed by atoms with Crippen molar-refractivity contribution in [2.75, 3.05) is 13.7 Å². The van der Waals surface area contributed by atoms with Gasteiger partial charge in [-0.2, -0.15) is 0 Å². The summed E-state index contributed by atoms with van der Waals surface area (Å²) in [7, 11) is 1.50. The summed E-state index contributed by atoms with van der Waals surface area (Å²) in [6.07, 6.45) is -1.75. The molecule has 4 atom stereocenters. The molecule has 0 aromatic heterocycles. The number of methoxy groups -OCH3 is 1. The predicted molar refractivity (Wildman–Crippen MR) is 57.3 cm³/mol. The summed E-state index contributed by atoms with van der Waals surface area (Å²) in [5.74, 6) is -0.770. The Morgan fingerprint density at radius 1 is 1.29 bits per heavy atom. The van der Waals surface area contributed by atoms with Crippen LogP contribution >= 0.6 is 0 Å². The van der Waals surface area contributed by atoms with Crippen molar-refractivity contribution in [3.63, 3.8) is 0 Å². The van der Waals surface area contributed by atoms with E-state index < -0.39 is 24.4 Å². The van der Waals surface area contributed by atoms with Crippen LogP contribution in [0.1, 0.15) is 20.8 Å². The summed E-state index contributed by atoms with van der Waals surface area (Å²) in [6, 6.07) is 0. The van der Waals surface area contributed by atoms with Gasteiger partial charge in [0.25, 0.3) is 0 Å². The Hall–Kier alpha value is -1.14. The zero-order chi connectivity index (χ0) is 13.0. The van der Waals surface area contributed by atoms with Crippen molar-refractivity contribution >= 4 is 11.9 Å². The monoisotopic (exact) mass is 246 g/mol. The molecule has 6 nitrogen and oxygen atoms in total. The second-order valence-corrected chi connectivity index (χ2v) is 3.96. The maximum Gasteiger partial charge on any atom is 0.303 e. The lowest BCUT2D eigenvalue weighted by molar-refractivity contribution is -0.158. The average Bonchev–Trinajstić information content (AvgIpc) is 2.58. The Bertz CT molecular complexity index is 290. The van der Waals surface area contributed by atoms with Crippen LogP contribution in [0.25, 0.3) is 0 Å². The average molecular weight is 246 g/mol. The summed E-state index contributed by atoms with van der Waals surface area (Å²) in [5, 5.41) is 0. The molecule has 0 spiro atoms. The molecule has 0 aromatic carbocycles. The summed E-state index contributed by atoms with van der Waals surface area (Å²) < 4.78 is 20.8. The van der Waals surface area contributed by atoms with Gasteiger partial charge in [0, 0.05) is 21.0 Å². The normalized spacial score (nSPS) is 29.8. The molecule has 0 N–H and O–H groups in total. The zero-order valence-corrected chi connectivity index (χ0v) is 10.5. The molecule has 0 radical (unpaired) electrons. The SMILES string of the molecule is COC1C(OC(C)=O)COC1C(C)OC(C)=O. The fourth-order valence-corrected chi connectivity index (χ4v) is 1.94. The highest BCUT2D eigenvalue weighted by atomic mass is 16.6. The fraction of sp³-hybridized carbons (Fsp3) is 0.818. The molecular weight excluding hydrogens is 228 g/mol. The molecule has 0 aromatic rings. The lowest BCUT2D eigenvalue weighted by Gasteiger charge is -2.25. The number of hydrogen-bond donors (Lipinski definition) is 0. The van der Waals surface area contributed by atoms with Gasteiger partial charge in [-0.25, -0.2) is 0 Å². The lowest BCUT2D eigenvalue weighted by Crippen LogP contribution is -2.41. The highest BCUT2D eigenvalue weighted by Gasteiger charge is 2.43. The highest BCUT2D eigenvalue weighted by molar-refractivity contribution is 5.66. The van der Waals surface area contributed by atoms with Gasteiger partial charge in [0.2, 0.25) is 0 Å². The van der Waals surface area contributed by atoms with Crippen LogP contribution in [0.3, 0.4) is 0 Å². The molecule has 1 aliphatic rings. The third-order valence-corrected chi connectivity index (χ3v) is 2.55. The molecule has 0 aliphatic carbocycles. The number of rotatable bonds is 4. The first-order chi connectivity index (χ1) is 7.95. The van der Waals surface area contributed by atoms with Crippen LogP contribution in [0.15, 0.2) is 0 Å². The third-order valence-electron chi connectivity index (χ3n) is 2.55. The van der Waals surface area contributed by atoms with E-state index in [0.717, 1.165) is 0 Å². The van der Waals surface area contributed by atoms with Gasteiger partial charge in [-0.3, -0.25) is 9.59 Å². The van der Waals surface area contributed by atoms with E-state index in [1.165, 1.54) is 21.0 Å². The van der Waals surface area contributed by atoms with E-state index in [2.05, 4.69) is 0 Å². The Balaban J connectivity index is 2.62. The van der Waals surface area contributed by atoms with Crippen LogP contribution in [-0.2, 0) is 28.5 Å². The summed E-state index contributed by atoms with van der Waals surface area (Å²) >= 11 is 0. The van der Waals surface area contributed by atoms with Gasteiger partial charge in [0.05, 0.1) is 6.61 Å². The topological polar surface area (TPSA) is 71.1 Å². The summed E-state index contributed by atoms with van der Waals surface area (Å²) in [5.41, 5.74) is 0. The molecule has 1 fully saturated rings. The quantitative estimate of drug-likeness (QED) is 0.664. The highest BCUT2D eigenvalue weighted by Crippen LogP contribution is 2.24. The van der Waals surface area contributed by atoms with E-state index in [9.17, 15) is 9.59 Å². The molecule has 0 amide bonds. The van der Waals surface area contributed by atoms with Gasteiger partial charge in [0.1, 0.15) is 18.3 Å². The van der Waals surface area contributed by atoms with Crippen LogP contribution in [0.2, 0.25) is 0 Å². The standard InChI is InChI=1S/C11H18O6/c1-6(16-7(2)12)10-11(14-4)9(5-15-10)17-8(3)13/h6,9-11H,5H2,1-4H3. The Morgan fingerprint density at radius 3 is 2.41 bits per heavy atom. The molecule has 0 bridgehead atoms. The largest absolute Gasteiger partial charge is 0.460 e. The van der Waals surface area contributed by atoms with Crippen molar-refractivity contribution < 1.29 is 28.5 Å². The van der Waals surface area contributed by atoms with Crippen LogP contribution in [0, 0.1) is 0 Å². The Kier molecular flexibility index (Phi) is 4.89. The molecule has 1 saturated heterocycles. The van der Waals surface area contributed by atoms with Gasteiger partial charge in [-0.1, -0.05) is 0 Å². The van der Waals surface area contributed by atoms with Crippen molar-refractivity contribution in [2.24, 2.45) is 0 Å². The van der Waals surface area contributed by atoms with E-state index in [-0.39, 0.29) is 18.5 Å². The van der Waals surface area contributed by atoms with Gasteiger partial charge in [-0.15, -0.1) is 0 Å². The number of carbonyl (C=O) groups is 2. The first kappa shape index (κ1) is 13.9. The smallest absolute Gasteiger partial charge is 0.303 e. The summed E-state index contributed by atoms with van der Waals surface area (Å²) in [4.78, 5) is 21.8. The van der Waals surface area contributed by atoms with E-state index in [0.29, 0.717) is 0 Å². The molecule has 1 heterocycles. The van der Waals surface area contributed by atoms with E-state index in [4.69, 9.17) is 18.9 Å². The second kappa shape index (κ2) is 5.97. The van der Waals surface area contributed by atoms with Crippen LogP contribution in [0.5, 0.6) is 0 Å². The number of hydrogen-bond acceptors (Lipinski definition) is 6. The van der Waals surface area contributed by atoms with Crippen molar-refractivity contribution in [1.82, 2.24) is 0 Å².